The molecule has 0 spiro atoms. The molecule has 10 heteroatoms. The van der Waals surface area contributed by atoms with Crippen LogP contribution in [0.4, 0.5) is 10.1 Å². The van der Waals surface area contributed by atoms with Crippen molar-refractivity contribution in [2.24, 2.45) is 0 Å². The van der Waals surface area contributed by atoms with Crippen LogP contribution in [-0.2, 0) is 6.54 Å². The van der Waals surface area contributed by atoms with Crippen molar-refractivity contribution in [2.75, 3.05) is 25.3 Å². The zero-order valence-electron chi connectivity index (χ0n) is 24.5. The summed E-state index contributed by atoms with van der Waals surface area (Å²) in [5, 5.41) is 7.63. The second-order valence-corrected chi connectivity index (χ2v) is 13.4. The number of aryl methyl sites for hydroxylation is 1. The number of nitrogens with one attached hydrogen (secondary N) is 3. The summed E-state index contributed by atoms with van der Waals surface area (Å²) < 4.78 is 18.1. The van der Waals surface area contributed by atoms with Gasteiger partial charge in [-0.25, -0.2) is 14.4 Å². The highest BCUT2D eigenvalue weighted by molar-refractivity contribution is 8.25. The molecule has 4 aromatic heterocycles. The molecule has 0 aliphatic rings. The monoisotopic (exact) mass is 582 g/mol. The maximum Gasteiger partial charge on any atom is 0.161 e. The fraction of sp³-hybridized carbons (Fsp3) is 0.188. The Morgan fingerprint density at radius 2 is 1.93 bits per heavy atom. The zero-order chi connectivity index (χ0) is 30.0. The number of pyridine rings is 2. The predicted octanol–water partition coefficient (Wildman–Crippen LogP) is 6.23. The molecule has 0 aliphatic heterocycles. The average molecular weight is 583 g/mol. The number of aromatic nitrogens is 6. The fourth-order valence-electron chi connectivity index (χ4n) is 4.54. The van der Waals surface area contributed by atoms with Gasteiger partial charge in [-0.1, -0.05) is 30.0 Å². The molecule has 0 aliphatic carbocycles. The van der Waals surface area contributed by atoms with Crippen molar-refractivity contribution in [2.45, 2.75) is 20.4 Å². The Balaban J connectivity index is 1.57. The molecule has 1 aromatic carbocycles. The van der Waals surface area contributed by atoms with Gasteiger partial charge in [-0.15, -0.1) is 0 Å². The van der Waals surface area contributed by atoms with E-state index in [1.54, 1.807) is 6.20 Å². The maximum atomic E-state index is 14.8. The molecule has 0 fully saturated rings. The summed E-state index contributed by atoms with van der Waals surface area (Å²) in [6.45, 7) is 4.35. The van der Waals surface area contributed by atoms with E-state index in [0.717, 1.165) is 44.9 Å². The molecule has 216 valence electrons. The molecule has 0 bridgehead atoms. The number of hydrogen-bond donors (Lipinski definition) is 3. The molecule has 0 atom stereocenters. The maximum absolute atomic E-state index is 14.8. The molecule has 0 saturated heterocycles. The van der Waals surface area contributed by atoms with Crippen LogP contribution in [0.25, 0.3) is 39.4 Å². The van der Waals surface area contributed by atoms with Gasteiger partial charge in [0.15, 0.2) is 11.5 Å². The number of imidazole rings is 1. The highest BCUT2D eigenvalue weighted by atomic mass is 32.2. The molecule has 0 amide bonds. The second-order valence-electron chi connectivity index (χ2n) is 10.6. The summed E-state index contributed by atoms with van der Waals surface area (Å²) >= 11 is 0. The standard InChI is InChI=1S/C32H35FN8S/c1-8-9-10-26(22-13-21(14-24(33)15-22)17-35-42(5,6)7)29-20(2)36-32(38-29)31-30-28(39-40-31)12-11-27(37-30)23-16-25(41(3)4)19-34-18-23/h8-16,18-19,35H,5-6,17H2,1-4,7H3,(H,36,38)(H,39,40)/b9-8-,26-10-. The fourth-order valence-corrected chi connectivity index (χ4v) is 5.06. The molecule has 3 N–H and O–H groups in total. The quantitative estimate of drug-likeness (QED) is 0.141. The van der Waals surface area contributed by atoms with E-state index in [2.05, 4.69) is 36.6 Å². The van der Waals surface area contributed by atoms with Crippen LogP contribution in [0, 0.1) is 12.7 Å². The van der Waals surface area contributed by atoms with Gasteiger partial charge in [0.1, 0.15) is 11.3 Å². The third-order valence-corrected chi connectivity index (χ3v) is 7.50. The van der Waals surface area contributed by atoms with E-state index in [9.17, 15) is 4.39 Å². The molecule has 8 nitrogen and oxygen atoms in total. The van der Waals surface area contributed by atoms with E-state index in [0.29, 0.717) is 29.3 Å². The molecule has 0 saturated carbocycles. The van der Waals surface area contributed by atoms with Crippen molar-refractivity contribution in [3.05, 3.63) is 95.4 Å². The number of allylic oxidation sites excluding steroid dienone is 3. The van der Waals surface area contributed by atoms with Crippen LogP contribution < -0.4 is 9.62 Å². The number of benzene rings is 1. The number of halogens is 1. The normalized spacial score (nSPS) is 12.5. The molecular weight excluding hydrogens is 547 g/mol. The summed E-state index contributed by atoms with van der Waals surface area (Å²) in [6.07, 6.45) is 11.4. The van der Waals surface area contributed by atoms with Gasteiger partial charge in [-0.05, 0) is 67.6 Å². The van der Waals surface area contributed by atoms with E-state index in [1.807, 2.05) is 87.8 Å². The third kappa shape index (κ3) is 6.35. The van der Waals surface area contributed by atoms with E-state index < -0.39 is 9.39 Å². The predicted molar refractivity (Wildman–Crippen MR) is 177 cm³/mol. The molecule has 0 radical (unpaired) electrons. The van der Waals surface area contributed by atoms with Gasteiger partial charge in [0.2, 0.25) is 0 Å². The van der Waals surface area contributed by atoms with Crippen molar-refractivity contribution in [1.82, 2.24) is 34.9 Å². The van der Waals surface area contributed by atoms with Crippen LogP contribution in [0.1, 0.15) is 29.4 Å². The van der Waals surface area contributed by atoms with E-state index in [4.69, 9.17) is 9.97 Å². The molecule has 0 unspecified atom stereocenters. The average Bonchev–Trinajstić information content (AvgIpc) is 3.54. The topological polar surface area (TPSA) is 98.4 Å². The molecule has 5 rings (SSSR count). The number of H-pyrrole nitrogens is 2. The van der Waals surface area contributed by atoms with Gasteiger partial charge in [0.25, 0.3) is 0 Å². The lowest BCUT2D eigenvalue weighted by molar-refractivity contribution is 0.624. The third-order valence-electron chi connectivity index (χ3n) is 6.66. The highest BCUT2D eigenvalue weighted by Gasteiger charge is 2.20. The van der Waals surface area contributed by atoms with Crippen LogP contribution >= 0.6 is 9.39 Å². The van der Waals surface area contributed by atoms with Gasteiger partial charge in [0, 0.05) is 43.7 Å². The summed E-state index contributed by atoms with van der Waals surface area (Å²) in [6, 6.07) is 11.0. The second kappa shape index (κ2) is 11.8. The number of nitrogens with zero attached hydrogens (tertiary/aromatic N) is 5. The van der Waals surface area contributed by atoms with E-state index in [-0.39, 0.29) is 5.82 Å². The highest BCUT2D eigenvalue weighted by Crippen LogP contribution is 2.32. The Hall–Kier alpha value is -4.54. The number of fused-ring (bicyclic) bond motifs is 1. The molecule has 5 aromatic rings. The number of rotatable bonds is 9. The SMILES string of the molecule is C=S(=C)(C)NCc1cc(F)cc(/C(=C/C=C\C)c2nc(-c3n[nH]c4ccc(-c5cncc(N(C)C)c5)nc34)[nH]c2C)c1. The molecule has 42 heavy (non-hydrogen) atoms. The lowest BCUT2D eigenvalue weighted by Crippen LogP contribution is -2.08. The first-order chi connectivity index (χ1) is 20.0. The van der Waals surface area contributed by atoms with E-state index in [1.165, 1.54) is 12.1 Å². The van der Waals surface area contributed by atoms with Crippen molar-refractivity contribution in [3.8, 4) is 22.8 Å². The minimum Gasteiger partial charge on any atom is -0.376 e. The Bertz CT molecular complexity index is 1930. The minimum absolute atomic E-state index is 0.322. The zero-order valence-corrected chi connectivity index (χ0v) is 25.3. The van der Waals surface area contributed by atoms with Crippen molar-refractivity contribution >= 4 is 43.4 Å². The molecular formula is C32H35FN8S. The van der Waals surface area contributed by atoms with Crippen molar-refractivity contribution < 1.29 is 4.39 Å². The lowest BCUT2D eigenvalue weighted by Gasteiger charge is -2.13. The summed E-state index contributed by atoms with van der Waals surface area (Å²) in [4.78, 5) is 19.7. The largest absolute Gasteiger partial charge is 0.376 e. The first-order valence-corrected chi connectivity index (χ1v) is 15.8. The van der Waals surface area contributed by atoms with Crippen LogP contribution in [0.3, 0.4) is 0 Å². The Kier molecular flexibility index (Phi) is 8.11. The Morgan fingerprint density at radius 1 is 1.12 bits per heavy atom. The smallest absolute Gasteiger partial charge is 0.161 e. The first-order valence-electron chi connectivity index (χ1n) is 13.4. The Morgan fingerprint density at radius 3 is 2.67 bits per heavy atom. The Labute approximate surface area is 246 Å². The van der Waals surface area contributed by atoms with Crippen LogP contribution in [0.15, 0.2) is 67.0 Å². The van der Waals surface area contributed by atoms with Gasteiger partial charge in [-0.3, -0.25) is 14.8 Å². The van der Waals surface area contributed by atoms with Crippen LogP contribution in [0.5, 0.6) is 0 Å². The van der Waals surface area contributed by atoms with Crippen molar-refractivity contribution in [3.63, 3.8) is 0 Å². The molecule has 4 heterocycles. The number of hydrogen-bond acceptors (Lipinski definition) is 6. The van der Waals surface area contributed by atoms with Crippen LogP contribution in [-0.4, -0.2) is 62.2 Å². The number of aromatic amines is 2. The first kappa shape index (κ1) is 29.0. The summed E-state index contributed by atoms with van der Waals surface area (Å²) in [7, 11) is 2.51. The van der Waals surface area contributed by atoms with Crippen molar-refractivity contribution in [1.29, 1.82) is 0 Å². The van der Waals surface area contributed by atoms with Gasteiger partial charge in [0.05, 0.1) is 28.8 Å². The van der Waals surface area contributed by atoms with Gasteiger partial charge in [-0.2, -0.15) is 14.5 Å². The van der Waals surface area contributed by atoms with Crippen LogP contribution in [0.2, 0.25) is 0 Å². The van der Waals surface area contributed by atoms with Gasteiger partial charge < -0.3 is 9.88 Å². The summed E-state index contributed by atoms with van der Waals surface area (Å²) in [5.74, 6) is 8.37. The summed E-state index contributed by atoms with van der Waals surface area (Å²) in [5.41, 5.74) is 8.58. The minimum atomic E-state index is -1.45. The lowest BCUT2D eigenvalue weighted by atomic mass is 9.98. The van der Waals surface area contributed by atoms with Gasteiger partial charge >= 0.3 is 0 Å². The van der Waals surface area contributed by atoms with E-state index >= 15 is 0 Å². The number of anilines is 1.